The molecular formula is C22H18N4O8. The van der Waals surface area contributed by atoms with Gasteiger partial charge in [-0.3, -0.25) is 29.8 Å². The molecule has 3 heterocycles. The molecule has 1 fully saturated rings. The molecule has 0 saturated carbocycles. The molecule has 34 heavy (non-hydrogen) atoms. The minimum atomic E-state index is -0.488. The van der Waals surface area contributed by atoms with Gasteiger partial charge in [0, 0.05) is 24.3 Å². The summed E-state index contributed by atoms with van der Waals surface area (Å²) in [6, 6.07) is 14.8. The fraction of sp³-hybridized carbons (Fsp3) is 0.182. The first-order valence-corrected chi connectivity index (χ1v) is 10.1. The van der Waals surface area contributed by atoms with E-state index in [4.69, 9.17) is 9.47 Å². The lowest BCUT2D eigenvalue weighted by Gasteiger charge is -2.13. The Balaban J connectivity index is 0.000000172. The molecule has 1 aliphatic rings. The van der Waals surface area contributed by atoms with Crippen molar-refractivity contribution in [2.45, 2.75) is 12.8 Å². The van der Waals surface area contributed by atoms with E-state index in [1.54, 1.807) is 18.2 Å². The summed E-state index contributed by atoms with van der Waals surface area (Å²) in [5.74, 6) is 0. The molecule has 0 atom stereocenters. The largest absolute Gasteiger partial charge is 0.348 e. The average Bonchev–Trinajstić information content (AvgIpc) is 3.33. The van der Waals surface area contributed by atoms with Crippen molar-refractivity contribution >= 4 is 33.2 Å². The topological polar surface area (TPSA) is 160 Å². The monoisotopic (exact) mass is 466 g/mol. The number of non-ortho nitro benzene ring substituents is 2. The van der Waals surface area contributed by atoms with E-state index in [1.165, 1.54) is 47.0 Å². The van der Waals surface area contributed by atoms with Crippen molar-refractivity contribution in [1.29, 1.82) is 0 Å². The second kappa shape index (κ2) is 9.60. The predicted molar refractivity (Wildman–Crippen MR) is 122 cm³/mol. The van der Waals surface area contributed by atoms with Crippen LogP contribution in [0.1, 0.15) is 0 Å². The molecule has 12 heteroatoms. The van der Waals surface area contributed by atoms with E-state index in [0.717, 1.165) is 0 Å². The second-order valence-electron chi connectivity index (χ2n) is 7.24. The third-order valence-electron chi connectivity index (χ3n) is 5.17. The van der Waals surface area contributed by atoms with E-state index in [-0.39, 0.29) is 29.0 Å². The average molecular weight is 466 g/mol. The summed E-state index contributed by atoms with van der Waals surface area (Å²) in [6.45, 7) is 1.20. The molecule has 12 nitrogen and oxygen atoms in total. The summed E-state index contributed by atoms with van der Waals surface area (Å²) in [4.78, 5) is 46.2. The van der Waals surface area contributed by atoms with Crippen molar-refractivity contribution in [3.05, 3.63) is 102 Å². The molecule has 1 N–H and O–H groups in total. The molecule has 0 radical (unpaired) electrons. The number of pyridine rings is 2. The summed E-state index contributed by atoms with van der Waals surface area (Å²) in [7, 11) is 0. The highest BCUT2D eigenvalue weighted by atomic mass is 16.7. The minimum absolute atomic E-state index is 0.00116. The van der Waals surface area contributed by atoms with Crippen molar-refractivity contribution in [2.75, 3.05) is 13.2 Å². The maximum Gasteiger partial charge on any atom is 0.278 e. The smallest absolute Gasteiger partial charge is 0.278 e. The van der Waals surface area contributed by atoms with E-state index >= 15 is 0 Å². The Morgan fingerprint density at radius 1 is 0.853 bits per heavy atom. The van der Waals surface area contributed by atoms with Crippen LogP contribution in [0.4, 0.5) is 11.4 Å². The number of aromatic nitrogens is 2. The zero-order valence-corrected chi connectivity index (χ0v) is 17.6. The molecule has 0 unspecified atom stereocenters. The summed E-state index contributed by atoms with van der Waals surface area (Å²) in [6.07, 6.45) is -0.488. The standard InChI is InChI=1S/C13H12N2O5.C9H6N2O3/c16-12-5-4-9-10(2-1-3-11(9)15(17)18)14(12)8-13-19-6-7-20-13;12-9-5-4-6-7(10-9)2-1-3-8(6)11(13)14/h1-5,13H,6-8H2;1-5H,(H,10,12). The maximum atomic E-state index is 12.0. The number of nitrogens with zero attached hydrogens (tertiary/aromatic N) is 3. The number of nitro benzene ring substituents is 2. The van der Waals surface area contributed by atoms with Crippen molar-refractivity contribution in [3.8, 4) is 0 Å². The molecule has 0 aliphatic carbocycles. The highest BCUT2D eigenvalue weighted by Gasteiger charge is 2.20. The van der Waals surface area contributed by atoms with Gasteiger partial charge in [0.05, 0.1) is 51.4 Å². The van der Waals surface area contributed by atoms with Crippen LogP contribution < -0.4 is 11.1 Å². The van der Waals surface area contributed by atoms with E-state index < -0.39 is 16.1 Å². The molecule has 2 aromatic heterocycles. The Kier molecular flexibility index (Phi) is 6.43. The number of fused-ring (bicyclic) bond motifs is 2. The van der Waals surface area contributed by atoms with Gasteiger partial charge in [0.15, 0.2) is 6.29 Å². The Labute approximate surface area is 190 Å². The van der Waals surface area contributed by atoms with Crippen LogP contribution in [0.2, 0.25) is 0 Å². The van der Waals surface area contributed by atoms with Crippen LogP contribution >= 0.6 is 0 Å². The number of H-pyrrole nitrogens is 1. The third-order valence-corrected chi connectivity index (χ3v) is 5.17. The van der Waals surface area contributed by atoms with E-state index in [0.29, 0.717) is 35.0 Å². The zero-order valence-electron chi connectivity index (χ0n) is 17.6. The molecule has 174 valence electrons. The Morgan fingerprint density at radius 3 is 2.15 bits per heavy atom. The summed E-state index contributed by atoms with van der Waals surface area (Å²) >= 11 is 0. The van der Waals surface area contributed by atoms with Crippen LogP contribution in [0.15, 0.2) is 70.3 Å². The number of nitro groups is 2. The summed E-state index contributed by atoms with van der Waals surface area (Å²) in [5.41, 5.74) is 0.454. The van der Waals surface area contributed by atoms with Gasteiger partial charge in [-0.15, -0.1) is 0 Å². The van der Waals surface area contributed by atoms with Crippen LogP contribution in [0.5, 0.6) is 0 Å². The normalized spacial score (nSPS) is 13.5. The fourth-order valence-corrected chi connectivity index (χ4v) is 3.65. The summed E-state index contributed by atoms with van der Waals surface area (Å²) in [5, 5.41) is 22.5. The molecule has 1 saturated heterocycles. The van der Waals surface area contributed by atoms with E-state index in [1.807, 2.05) is 0 Å². The molecular weight excluding hydrogens is 448 g/mol. The first-order valence-electron chi connectivity index (χ1n) is 10.1. The number of hydrogen-bond donors (Lipinski definition) is 1. The van der Waals surface area contributed by atoms with Gasteiger partial charge in [0.2, 0.25) is 5.56 Å². The molecule has 4 aromatic rings. The van der Waals surface area contributed by atoms with Crippen LogP contribution in [-0.2, 0) is 16.0 Å². The summed E-state index contributed by atoms with van der Waals surface area (Å²) < 4.78 is 12.1. The van der Waals surface area contributed by atoms with Crippen molar-refractivity contribution in [1.82, 2.24) is 9.55 Å². The maximum absolute atomic E-state index is 12.0. The molecule has 2 aromatic carbocycles. The van der Waals surface area contributed by atoms with Crippen LogP contribution in [0.25, 0.3) is 21.8 Å². The lowest BCUT2D eigenvalue weighted by atomic mass is 10.2. The number of ether oxygens (including phenoxy) is 2. The number of nitrogens with one attached hydrogen (secondary N) is 1. The van der Waals surface area contributed by atoms with Crippen molar-refractivity contribution in [3.63, 3.8) is 0 Å². The van der Waals surface area contributed by atoms with Gasteiger partial charge in [-0.05, 0) is 24.3 Å². The molecule has 1 aliphatic heterocycles. The first kappa shape index (κ1) is 22.8. The minimum Gasteiger partial charge on any atom is -0.348 e. The number of aromatic amines is 1. The number of rotatable bonds is 4. The van der Waals surface area contributed by atoms with Gasteiger partial charge >= 0.3 is 0 Å². The molecule has 0 bridgehead atoms. The van der Waals surface area contributed by atoms with Crippen molar-refractivity contribution < 1.29 is 19.3 Å². The highest BCUT2D eigenvalue weighted by Crippen LogP contribution is 2.24. The Bertz CT molecular complexity index is 1500. The third kappa shape index (κ3) is 4.67. The number of benzene rings is 2. The second-order valence-corrected chi connectivity index (χ2v) is 7.24. The molecule has 0 amide bonds. The van der Waals surface area contributed by atoms with Gasteiger partial charge < -0.3 is 19.0 Å². The zero-order chi connectivity index (χ0) is 24.2. The SMILES string of the molecule is O=c1ccc2c([N+](=O)[O-])cccc2[nH]1.O=c1ccc2c([N+](=O)[O-])cccc2n1CC1OCCO1. The van der Waals surface area contributed by atoms with Crippen LogP contribution in [0.3, 0.4) is 0 Å². The Morgan fingerprint density at radius 2 is 1.47 bits per heavy atom. The van der Waals surface area contributed by atoms with Gasteiger partial charge in [0.25, 0.3) is 16.9 Å². The molecule has 5 rings (SSSR count). The van der Waals surface area contributed by atoms with Crippen LogP contribution in [-0.4, -0.2) is 38.9 Å². The quantitative estimate of drug-likeness (QED) is 0.355. The van der Waals surface area contributed by atoms with Gasteiger partial charge in [0.1, 0.15) is 0 Å². The van der Waals surface area contributed by atoms with E-state index in [9.17, 15) is 29.8 Å². The van der Waals surface area contributed by atoms with Crippen molar-refractivity contribution in [2.24, 2.45) is 0 Å². The first-order chi connectivity index (χ1) is 16.3. The van der Waals surface area contributed by atoms with E-state index in [2.05, 4.69) is 4.98 Å². The lowest BCUT2D eigenvalue weighted by molar-refractivity contribution is -0.383. The van der Waals surface area contributed by atoms with Gasteiger partial charge in [-0.25, -0.2) is 0 Å². The lowest BCUT2D eigenvalue weighted by Crippen LogP contribution is -2.27. The van der Waals surface area contributed by atoms with Gasteiger partial charge in [-0.1, -0.05) is 12.1 Å². The Hall–Kier alpha value is -4.42. The van der Waals surface area contributed by atoms with Gasteiger partial charge in [-0.2, -0.15) is 0 Å². The van der Waals surface area contributed by atoms with Crippen LogP contribution in [0, 0.1) is 20.2 Å². The molecule has 0 spiro atoms. The highest BCUT2D eigenvalue weighted by molar-refractivity contribution is 5.88. The fourth-order valence-electron chi connectivity index (χ4n) is 3.65. The number of hydrogen-bond acceptors (Lipinski definition) is 8. The predicted octanol–water partition coefficient (Wildman–Crippen LogP) is 2.72.